The van der Waals surface area contributed by atoms with Crippen LogP contribution < -0.4 is 4.74 Å². The Labute approximate surface area is 112 Å². The predicted molar refractivity (Wildman–Crippen MR) is 75.5 cm³/mol. The molecule has 0 aromatic carbocycles. The fraction of sp³-hybridized carbons (Fsp3) is 0.500. The number of imidazole rings is 1. The third-order valence-electron chi connectivity index (χ3n) is 3.61. The molecule has 1 aliphatic heterocycles. The van der Waals surface area contributed by atoms with Gasteiger partial charge in [-0.1, -0.05) is 6.07 Å². The molecule has 0 spiro atoms. The van der Waals surface area contributed by atoms with Crippen molar-refractivity contribution in [2.75, 3.05) is 18.6 Å². The molecule has 1 aliphatic rings. The summed E-state index contributed by atoms with van der Waals surface area (Å²) in [5, 5.41) is 0. The number of rotatable bonds is 3. The largest absolute Gasteiger partial charge is 0.482 e. The smallest absolute Gasteiger partial charge is 0.199 e. The summed E-state index contributed by atoms with van der Waals surface area (Å²) in [4.78, 5) is 4.57. The summed E-state index contributed by atoms with van der Waals surface area (Å²) >= 11 is 2.07. The second-order valence-corrected chi connectivity index (χ2v) is 5.99. The van der Waals surface area contributed by atoms with E-state index in [0.717, 1.165) is 29.6 Å². The molecule has 2 aromatic heterocycles. The van der Waals surface area contributed by atoms with Gasteiger partial charge in [-0.2, -0.15) is 11.8 Å². The third kappa shape index (κ3) is 2.21. The average molecular weight is 262 g/mol. The maximum absolute atomic E-state index is 5.43. The zero-order valence-electron chi connectivity index (χ0n) is 10.6. The minimum absolute atomic E-state index is 0.779. The highest BCUT2D eigenvalue weighted by Gasteiger charge is 2.17. The molecule has 0 saturated carbocycles. The van der Waals surface area contributed by atoms with Crippen molar-refractivity contribution in [3.8, 4) is 5.88 Å². The summed E-state index contributed by atoms with van der Waals surface area (Å²) in [6.07, 6.45) is 5.63. The summed E-state index contributed by atoms with van der Waals surface area (Å²) in [7, 11) is 1.72. The van der Waals surface area contributed by atoms with E-state index in [-0.39, 0.29) is 0 Å². The van der Waals surface area contributed by atoms with Gasteiger partial charge in [-0.05, 0) is 42.4 Å². The Balaban J connectivity index is 1.91. The lowest BCUT2D eigenvalue weighted by Gasteiger charge is -2.20. The second kappa shape index (κ2) is 5.22. The number of pyridine rings is 1. The monoisotopic (exact) mass is 262 g/mol. The van der Waals surface area contributed by atoms with Crippen LogP contribution in [-0.4, -0.2) is 28.0 Å². The summed E-state index contributed by atoms with van der Waals surface area (Å²) in [6.45, 7) is 0. The van der Waals surface area contributed by atoms with Crippen LogP contribution in [-0.2, 0) is 6.42 Å². The van der Waals surface area contributed by atoms with E-state index in [2.05, 4.69) is 27.2 Å². The van der Waals surface area contributed by atoms with Crippen molar-refractivity contribution < 1.29 is 4.74 Å². The second-order valence-electron chi connectivity index (χ2n) is 4.76. The van der Waals surface area contributed by atoms with Crippen LogP contribution in [0.25, 0.3) is 5.52 Å². The molecule has 4 heteroatoms. The topological polar surface area (TPSA) is 26.5 Å². The van der Waals surface area contributed by atoms with Crippen molar-refractivity contribution >= 4 is 17.3 Å². The van der Waals surface area contributed by atoms with Crippen molar-refractivity contribution in [1.29, 1.82) is 0 Å². The minimum Gasteiger partial charge on any atom is -0.482 e. The molecule has 18 heavy (non-hydrogen) atoms. The van der Waals surface area contributed by atoms with Crippen LogP contribution >= 0.6 is 11.8 Å². The van der Waals surface area contributed by atoms with Gasteiger partial charge in [0, 0.05) is 6.42 Å². The molecule has 0 radical (unpaired) electrons. The van der Waals surface area contributed by atoms with E-state index in [1.165, 1.54) is 24.3 Å². The van der Waals surface area contributed by atoms with E-state index >= 15 is 0 Å². The molecule has 3 heterocycles. The van der Waals surface area contributed by atoms with E-state index in [0.29, 0.717) is 0 Å². The lowest BCUT2D eigenvalue weighted by Crippen LogP contribution is -2.14. The predicted octanol–water partition coefficient (Wildman–Crippen LogP) is 3.03. The van der Waals surface area contributed by atoms with Crippen molar-refractivity contribution in [2.24, 2.45) is 5.92 Å². The highest BCUT2D eigenvalue weighted by atomic mass is 32.2. The van der Waals surface area contributed by atoms with Crippen LogP contribution in [0.5, 0.6) is 5.88 Å². The summed E-state index contributed by atoms with van der Waals surface area (Å²) in [6, 6.07) is 6.08. The zero-order valence-corrected chi connectivity index (χ0v) is 11.4. The first-order valence-corrected chi connectivity index (χ1v) is 7.61. The summed E-state index contributed by atoms with van der Waals surface area (Å²) in [5.74, 6) is 5.39. The third-order valence-corrected chi connectivity index (χ3v) is 4.66. The molecule has 3 rings (SSSR count). The van der Waals surface area contributed by atoms with Gasteiger partial charge in [-0.25, -0.2) is 4.98 Å². The van der Waals surface area contributed by atoms with E-state index in [4.69, 9.17) is 4.74 Å². The first kappa shape index (κ1) is 11.9. The fourth-order valence-corrected chi connectivity index (χ4v) is 3.80. The zero-order chi connectivity index (χ0) is 12.4. The number of ether oxygens (including phenoxy) is 1. The molecular weight excluding hydrogens is 244 g/mol. The lowest BCUT2D eigenvalue weighted by molar-refractivity contribution is 0.386. The minimum atomic E-state index is 0.779. The highest BCUT2D eigenvalue weighted by molar-refractivity contribution is 7.99. The number of methoxy groups -OCH3 is 1. The van der Waals surface area contributed by atoms with Crippen LogP contribution in [0, 0.1) is 5.92 Å². The molecule has 0 bridgehead atoms. The van der Waals surface area contributed by atoms with Gasteiger partial charge in [0.2, 0.25) is 0 Å². The van der Waals surface area contributed by atoms with Gasteiger partial charge in [0.25, 0.3) is 0 Å². The molecule has 0 atom stereocenters. The van der Waals surface area contributed by atoms with E-state index in [1.54, 1.807) is 7.11 Å². The number of hydrogen-bond acceptors (Lipinski definition) is 3. The maximum Gasteiger partial charge on any atom is 0.199 e. The molecule has 0 N–H and O–H groups in total. The summed E-state index contributed by atoms with van der Waals surface area (Å²) < 4.78 is 7.58. The van der Waals surface area contributed by atoms with Crippen LogP contribution in [0.1, 0.15) is 18.7 Å². The number of hydrogen-bond donors (Lipinski definition) is 0. The lowest BCUT2D eigenvalue weighted by atomic mass is 9.98. The Kier molecular flexibility index (Phi) is 3.46. The standard InChI is InChI=1S/C14H18N2OS/c1-17-14-4-2-3-12-10-15-13(16(12)14)9-11-5-7-18-8-6-11/h2-4,10-11H,5-9H2,1H3. The van der Waals surface area contributed by atoms with Crippen LogP contribution in [0.2, 0.25) is 0 Å². The van der Waals surface area contributed by atoms with Crippen LogP contribution in [0.15, 0.2) is 24.4 Å². The molecule has 1 fully saturated rings. The average Bonchev–Trinajstić information content (AvgIpc) is 2.83. The van der Waals surface area contributed by atoms with Gasteiger partial charge in [0.05, 0.1) is 18.8 Å². The van der Waals surface area contributed by atoms with Gasteiger partial charge in [0.1, 0.15) is 5.82 Å². The molecule has 3 nitrogen and oxygen atoms in total. The Bertz CT molecular complexity index is 532. The van der Waals surface area contributed by atoms with Crippen LogP contribution in [0.4, 0.5) is 0 Å². The fourth-order valence-electron chi connectivity index (χ4n) is 2.59. The van der Waals surface area contributed by atoms with E-state index in [1.807, 2.05) is 18.3 Å². The van der Waals surface area contributed by atoms with Crippen LogP contribution in [0.3, 0.4) is 0 Å². The van der Waals surface area contributed by atoms with Gasteiger partial charge >= 0.3 is 0 Å². The number of aromatic nitrogens is 2. The quantitative estimate of drug-likeness (QED) is 0.850. The Morgan fingerprint density at radius 3 is 3.00 bits per heavy atom. The van der Waals surface area contributed by atoms with Gasteiger partial charge in [-0.3, -0.25) is 4.40 Å². The Morgan fingerprint density at radius 2 is 2.22 bits per heavy atom. The molecule has 96 valence electrons. The number of fused-ring (bicyclic) bond motifs is 1. The molecule has 0 unspecified atom stereocenters. The summed E-state index contributed by atoms with van der Waals surface area (Å²) in [5.41, 5.74) is 1.12. The molecular formula is C14H18N2OS. The Morgan fingerprint density at radius 1 is 1.39 bits per heavy atom. The van der Waals surface area contributed by atoms with E-state index < -0.39 is 0 Å². The van der Waals surface area contributed by atoms with Crippen molar-refractivity contribution in [1.82, 2.24) is 9.38 Å². The van der Waals surface area contributed by atoms with Crippen molar-refractivity contribution in [3.05, 3.63) is 30.2 Å². The van der Waals surface area contributed by atoms with E-state index in [9.17, 15) is 0 Å². The maximum atomic E-state index is 5.43. The van der Waals surface area contributed by atoms with Crippen molar-refractivity contribution in [2.45, 2.75) is 19.3 Å². The molecule has 1 saturated heterocycles. The molecule has 0 aliphatic carbocycles. The number of nitrogens with zero attached hydrogens (tertiary/aromatic N) is 2. The first-order valence-electron chi connectivity index (χ1n) is 6.45. The first-order chi connectivity index (χ1) is 8.88. The van der Waals surface area contributed by atoms with Gasteiger partial charge in [0.15, 0.2) is 5.88 Å². The SMILES string of the molecule is COc1cccc2cnc(CC3CCSCC3)n12. The highest BCUT2D eigenvalue weighted by Crippen LogP contribution is 2.27. The normalized spacial score (nSPS) is 17.2. The Hall–Kier alpha value is -1.16. The molecule has 2 aromatic rings. The van der Waals surface area contributed by atoms with Gasteiger partial charge < -0.3 is 4.74 Å². The molecule has 0 amide bonds. The van der Waals surface area contributed by atoms with Gasteiger partial charge in [-0.15, -0.1) is 0 Å². The number of thioether (sulfide) groups is 1. The van der Waals surface area contributed by atoms with Crippen molar-refractivity contribution in [3.63, 3.8) is 0 Å².